The molecule has 10 heteroatoms. The van der Waals surface area contributed by atoms with Crippen molar-refractivity contribution in [3.8, 4) is 0 Å². The Bertz CT molecular complexity index is 563. The van der Waals surface area contributed by atoms with E-state index in [1.54, 1.807) is 0 Å². The van der Waals surface area contributed by atoms with E-state index in [-0.39, 0.29) is 25.4 Å². The molecule has 9 N–H and O–H groups in total. The average Bonchev–Trinajstić information content (AvgIpc) is 2.64. The number of nitrogens with two attached hydrogens (primary N) is 1. The molecule has 2 aliphatic heterocycles. The summed E-state index contributed by atoms with van der Waals surface area (Å²) in [6, 6.07) is -1.60. The zero-order chi connectivity index (χ0) is 23.7. The second-order valence-corrected chi connectivity index (χ2v) is 10.9. The molecule has 0 bridgehead atoms. The van der Waals surface area contributed by atoms with E-state index in [1.807, 2.05) is 41.5 Å². The molecule has 0 amide bonds. The molecule has 2 aliphatic rings. The van der Waals surface area contributed by atoms with Gasteiger partial charge in [0, 0.05) is 5.92 Å². The molecule has 0 aromatic heterocycles. The van der Waals surface area contributed by atoms with E-state index < -0.39 is 67.4 Å². The molecule has 0 spiro atoms. The van der Waals surface area contributed by atoms with E-state index >= 15 is 0 Å². The van der Waals surface area contributed by atoms with Crippen molar-refractivity contribution < 1.29 is 45.1 Å². The third kappa shape index (κ3) is 7.30. The number of hydrogen-bond donors (Lipinski definition) is 6. The van der Waals surface area contributed by atoms with Crippen LogP contribution >= 0.6 is 0 Å². The van der Waals surface area contributed by atoms with Gasteiger partial charge in [-0.15, -0.1) is 0 Å². The van der Waals surface area contributed by atoms with Crippen LogP contribution in [-0.4, -0.2) is 94.4 Å². The number of aliphatic hydroxyl groups is 4. The molecule has 0 radical (unpaired) electrons. The third-order valence-corrected chi connectivity index (χ3v) is 5.70. The van der Waals surface area contributed by atoms with Gasteiger partial charge in [-0.2, -0.15) is 0 Å². The van der Waals surface area contributed by atoms with Gasteiger partial charge in [-0.25, -0.2) is 0 Å². The standard InChI is InChI=1S/C21H42N2O8.CH4/c1-20(2,3)7-10-11(8-24)28-18(13(22)15(10)26)30-17-12(9-25)29-19(14(23)16(17)27)31-21(4,5)6;/h10-19,24-27H,7-9,22-23H2,1-6H3;1H4/p+1/t10-,11?,12?,13?,14?,15-,16+,17+,18-,19-;/m0./s1. The van der Waals surface area contributed by atoms with Gasteiger partial charge in [-0.1, -0.05) is 28.2 Å². The van der Waals surface area contributed by atoms with Gasteiger partial charge in [0.1, 0.15) is 24.4 Å². The molecule has 0 saturated carbocycles. The van der Waals surface area contributed by atoms with Crippen LogP contribution in [-0.2, 0) is 18.9 Å². The first-order chi connectivity index (χ1) is 14.2. The highest BCUT2D eigenvalue weighted by molar-refractivity contribution is 4.96. The Hall–Kier alpha value is -0.400. The summed E-state index contributed by atoms with van der Waals surface area (Å²) in [6.45, 7) is 10.9. The lowest BCUT2D eigenvalue weighted by Crippen LogP contribution is -2.78. The number of quaternary nitrogens is 1. The van der Waals surface area contributed by atoms with Gasteiger partial charge in [0.15, 0.2) is 12.3 Å². The van der Waals surface area contributed by atoms with Gasteiger partial charge in [-0.3, -0.25) is 0 Å². The molecule has 2 rings (SSSR count). The minimum Gasteiger partial charge on any atom is -0.394 e. The van der Waals surface area contributed by atoms with Gasteiger partial charge in [-0.05, 0) is 32.6 Å². The van der Waals surface area contributed by atoms with Crippen molar-refractivity contribution in [3.63, 3.8) is 0 Å². The van der Waals surface area contributed by atoms with Gasteiger partial charge in [0.25, 0.3) is 0 Å². The summed E-state index contributed by atoms with van der Waals surface area (Å²) in [5.74, 6) is -0.319. The highest BCUT2D eigenvalue weighted by Crippen LogP contribution is 2.36. The van der Waals surface area contributed by atoms with Crippen LogP contribution in [0.5, 0.6) is 0 Å². The molecule has 0 aromatic carbocycles. The molecule has 192 valence electrons. The maximum Gasteiger partial charge on any atom is 0.213 e. The molecule has 2 fully saturated rings. The number of hydrogen-bond acceptors (Lipinski definition) is 9. The van der Waals surface area contributed by atoms with Crippen molar-refractivity contribution in [2.75, 3.05) is 13.2 Å². The van der Waals surface area contributed by atoms with E-state index in [0.717, 1.165) is 0 Å². The van der Waals surface area contributed by atoms with E-state index in [0.29, 0.717) is 6.42 Å². The summed E-state index contributed by atoms with van der Waals surface area (Å²) in [4.78, 5) is 0. The summed E-state index contributed by atoms with van der Waals surface area (Å²) in [7, 11) is 0. The highest BCUT2D eigenvalue weighted by atomic mass is 16.7. The second-order valence-electron chi connectivity index (χ2n) is 10.9. The SMILES string of the molecule is C.CC(C)(C)C[C@H]1C(CO)O[C@@H](O[C@@H]2C(CO)O[C@@H](OC(C)(C)C)C(N)[C@H]2O)C([NH3+])[C@H]1O. The Morgan fingerprint density at radius 3 is 1.91 bits per heavy atom. The zero-order valence-electron chi connectivity index (χ0n) is 19.6. The summed E-state index contributed by atoms with van der Waals surface area (Å²) in [5.41, 5.74) is 9.50. The lowest BCUT2D eigenvalue weighted by Gasteiger charge is -2.47. The fraction of sp³-hybridized carbons (Fsp3) is 1.00. The first-order valence-corrected chi connectivity index (χ1v) is 11.0. The van der Waals surface area contributed by atoms with Crippen molar-refractivity contribution in [1.29, 1.82) is 0 Å². The molecular formula is C22H47N2O8+. The Morgan fingerprint density at radius 2 is 1.44 bits per heavy atom. The molecule has 2 saturated heterocycles. The first-order valence-electron chi connectivity index (χ1n) is 11.0. The summed E-state index contributed by atoms with van der Waals surface area (Å²) < 4.78 is 23.5. The largest absolute Gasteiger partial charge is 0.394 e. The van der Waals surface area contributed by atoms with Crippen LogP contribution in [0.15, 0.2) is 0 Å². The van der Waals surface area contributed by atoms with Crippen LogP contribution in [0.4, 0.5) is 0 Å². The van der Waals surface area contributed by atoms with Gasteiger partial charge < -0.3 is 50.8 Å². The van der Waals surface area contributed by atoms with Crippen LogP contribution in [0.2, 0.25) is 0 Å². The Labute approximate surface area is 192 Å². The molecule has 10 nitrogen and oxygen atoms in total. The number of ether oxygens (including phenoxy) is 4. The average molecular weight is 468 g/mol. The van der Waals surface area contributed by atoms with E-state index in [2.05, 4.69) is 5.73 Å². The van der Waals surface area contributed by atoms with Crippen molar-refractivity contribution in [1.82, 2.24) is 0 Å². The normalized spacial score (nSPS) is 41.2. The molecule has 32 heavy (non-hydrogen) atoms. The molecular weight excluding hydrogens is 420 g/mol. The Kier molecular flexibility index (Phi) is 10.5. The second kappa shape index (κ2) is 11.4. The Morgan fingerprint density at radius 1 is 0.906 bits per heavy atom. The fourth-order valence-corrected chi connectivity index (χ4v) is 4.21. The Balaban J connectivity index is 0.00000512. The number of aliphatic hydroxyl groups excluding tert-OH is 4. The predicted molar refractivity (Wildman–Crippen MR) is 118 cm³/mol. The summed E-state index contributed by atoms with van der Waals surface area (Å²) in [5, 5.41) is 41.4. The topological polar surface area (TPSA) is 172 Å². The van der Waals surface area contributed by atoms with Gasteiger partial charge in [0.2, 0.25) is 6.29 Å². The lowest BCUT2D eigenvalue weighted by molar-refractivity contribution is -0.506. The van der Waals surface area contributed by atoms with Crippen molar-refractivity contribution in [2.45, 2.75) is 116 Å². The van der Waals surface area contributed by atoms with Crippen molar-refractivity contribution in [2.24, 2.45) is 17.1 Å². The lowest BCUT2D eigenvalue weighted by atomic mass is 9.76. The maximum absolute atomic E-state index is 10.9. The fourth-order valence-electron chi connectivity index (χ4n) is 4.21. The highest BCUT2D eigenvalue weighted by Gasteiger charge is 2.52. The van der Waals surface area contributed by atoms with Crippen LogP contribution in [0, 0.1) is 11.3 Å². The quantitative estimate of drug-likeness (QED) is 0.286. The molecule has 0 aromatic rings. The van der Waals surface area contributed by atoms with Crippen LogP contribution in [0.1, 0.15) is 55.4 Å². The van der Waals surface area contributed by atoms with E-state index in [1.165, 1.54) is 0 Å². The minimum atomic E-state index is -1.22. The molecule has 10 atom stereocenters. The molecule has 0 aliphatic carbocycles. The minimum absolute atomic E-state index is 0. The van der Waals surface area contributed by atoms with E-state index in [4.69, 9.17) is 24.7 Å². The molecule has 2 heterocycles. The van der Waals surface area contributed by atoms with Crippen LogP contribution in [0.25, 0.3) is 0 Å². The van der Waals surface area contributed by atoms with Crippen LogP contribution in [0.3, 0.4) is 0 Å². The number of rotatable bonds is 6. The third-order valence-electron chi connectivity index (χ3n) is 5.70. The molecule has 4 unspecified atom stereocenters. The zero-order valence-corrected chi connectivity index (χ0v) is 19.6. The first kappa shape index (κ1) is 29.6. The van der Waals surface area contributed by atoms with Crippen molar-refractivity contribution in [3.05, 3.63) is 0 Å². The van der Waals surface area contributed by atoms with Crippen LogP contribution < -0.4 is 11.5 Å². The maximum atomic E-state index is 10.9. The summed E-state index contributed by atoms with van der Waals surface area (Å²) >= 11 is 0. The smallest absolute Gasteiger partial charge is 0.213 e. The van der Waals surface area contributed by atoms with Gasteiger partial charge >= 0.3 is 0 Å². The monoisotopic (exact) mass is 467 g/mol. The van der Waals surface area contributed by atoms with Gasteiger partial charge in [0.05, 0.1) is 31.0 Å². The van der Waals surface area contributed by atoms with E-state index in [9.17, 15) is 20.4 Å². The predicted octanol–water partition coefficient (Wildman–Crippen LogP) is -1.03. The summed E-state index contributed by atoms with van der Waals surface area (Å²) in [6.07, 6.45) is -6.02. The van der Waals surface area contributed by atoms with Crippen molar-refractivity contribution >= 4 is 0 Å².